The molecule has 6 nitrogen and oxygen atoms in total. The molecule has 0 spiro atoms. The van der Waals surface area contributed by atoms with Gasteiger partial charge in [0.1, 0.15) is 4.47 Å². The van der Waals surface area contributed by atoms with E-state index in [1.807, 2.05) is 27.0 Å². The molecule has 19 heavy (non-hydrogen) atoms. The summed E-state index contributed by atoms with van der Waals surface area (Å²) in [4.78, 5) is 12.1. The van der Waals surface area contributed by atoms with Crippen LogP contribution in [0.1, 0.15) is 26.8 Å². The molecule has 0 bridgehead atoms. The first-order valence-electron chi connectivity index (χ1n) is 6.09. The lowest BCUT2D eigenvalue weighted by atomic mass is 10.4. The van der Waals surface area contributed by atoms with Gasteiger partial charge in [0.15, 0.2) is 0 Å². The topological polar surface area (TPSA) is 64.7 Å². The molecule has 1 N–H and O–H groups in total. The Morgan fingerprint density at radius 1 is 1.37 bits per heavy atom. The van der Waals surface area contributed by atoms with Crippen LogP contribution in [0.3, 0.4) is 0 Å². The Hall–Kier alpha value is -1.63. The third-order valence-electron chi connectivity index (χ3n) is 2.67. The zero-order chi connectivity index (χ0) is 14.0. The highest BCUT2D eigenvalue weighted by Gasteiger charge is 2.11. The van der Waals surface area contributed by atoms with E-state index in [0.29, 0.717) is 10.2 Å². The predicted octanol–water partition coefficient (Wildman–Crippen LogP) is 2.55. The molecule has 0 radical (unpaired) electrons. The molecule has 102 valence electrons. The molecule has 0 fully saturated rings. The summed E-state index contributed by atoms with van der Waals surface area (Å²) in [6.07, 6.45) is 5.22. The fourth-order valence-electron chi connectivity index (χ4n) is 1.66. The largest absolute Gasteiger partial charge is 0.351 e. The van der Waals surface area contributed by atoms with Gasteiger partial charge in [-0.2, -0.15) is 10.2 Å². The summed E-state index contributed by atoms with van der Waals surface area (Å²) in [5.74, 6) is 0. The highest BCUT2D eigenvalue weighted by Crippen LogP contribution is 2.21. The summed E-state index contributed by atoms with van der Waals surface area (Å²) in [6.45, 7) is 6.65. The van der Waals surface area contributed by atoms with E-state index in [1.165, 1.54) is 4.68 Å². The molecular weight excluding hydrogens is 310 g/mol. The van der Waals surface area contributed by atoms with Crippen molar-refractivity contribution < 1.29 is 0 Å². The quantitative estimate of drug-likeness (QED) is 0.938. The van der Waals surface area contributed by atoms with Gasteiger partial charge in [-0.05, 0) is 36.7 Å². The second-order valence-corrected chi connectivity index (χ2v) is 5.22. The Morgan fingerprint density at radius 3 is 2.68 bits per heavy atom. The lowest BCUT2D eigenvalue weighted by Gasteiger charge is -2.11. The molecule has 0 saturated heterocycles. The Balaban J connectivity index is 2.31. The number of aryl methyl sites for hydroxylation is 1. The number of nitrogens with zero attached hydrogens (tertiary/aromatic N) is 4. The Kier molecular flexibility index (Phi) is 4.04. The summed E-state index contributed by atoms with van der Waals surface area (Å²) >= 11 is 3.32. The third kappa shape index (κ3) is 2.86. The summed E-state index contributed by atoms with van der Waals surface area (Å²) in [5, 5.41) is 11.4. The number of anilines is 2. The average Bonchev–Trinajstić information content (AvgIpc) is 2.82. The molecule has 0 unspecified atom stereocenters. The average molecular weight is 326 g/mol. The first-order chi connectivity index (χ1) is 9.02. The van der Waals surface area contributed by atoms with Gasteiger partial charge < -0.3 is 5.32 Å². The third-order valence-corrected chi connectivity index (χ3v) is 3.44. The number of halogens is 1. The molecular formula is C12H16BrN5O. The van der Waals surface area contributed by atoms with E-state index in [0.717, 1.165) is 12.2 Å². The van der Waals surface area contributed by atoms with Gasteiger partial charge in [-0.1, -0.05) is 0 Å². The van der Waals surface area contributed by atoms with Crippen molar-refractivity contribution >= 4 is 27.3 Å². The van der Waals surface area contributed by atoms with Crippen LogP contribution < -0.4 is 10.9 Å². The second kappa shape index (κ2) is 5.56. The molecule has 0 aliphatic rings. The Morgan fingerprint density at radius 2 is 2.11 bits per heavy atom. The minimum absolute atomic E-state index is 0.0284. The first-order valence-corrected chi connectivity index (χ1v) is 6.89. The summed E-state index contributed by atoms with van der Waals surface area (Å²) in [6, 6.07) is 0.0284. The van der Waals surface area contributed by atoms with Gasteiger partial charge in [-0.25, -0.2) is 4.68 Å². The smallest absolute Gasteiger partial charge is 0.283 e. The first kappa shape index (κ1) is 13.8. The van der Waals surface area contributed by atoms with E-state index in [4.69, 9.17) is 0 Å². The summed E-state index contributed by atoms with van der Waals surface area (Å²) in [7, 11) is 0. The van der Waals surface area contributed by atoms with E-state index >= 15 is 0 Å². The van der Waals surface area contributed by atoms with Gasteiger partial charge in [-0.3, -0.25) is 9.48 Å². The SMILES string of the molecule is CCn1cc(Nc2cnn(C(C)C)c(=O)c2Br)cn1. The summed E-state index contributed by atoms with van der Waals surface area (Å²) in [5.41, 5.74) is 1.31. The van der Waals surface area contributed by atoms with Crippen LogP contribution in [0.25, 0.3) is 0 Å². The summed E-state index contributed by atoms with van der Waals surface area (Å²) < 4.78 is 3.71. The molecule has 0 aromatic carbocycles. The van der Waals surface area contributed by atoms with Crippen LogP contribution in [-0.2, 0) is 6.54 Å². The van der Waals surface area contributed by atoms with Crippen molar-refractivity contribution in [1.29, 1.82) is 0 Å². The lowest BCUT2D eigenvalue weighted by Crippen LogP contribution is -2.25. The molecule has 0 atom stereocenters. The van der Waals surface area contributed by atoms with Gasteiger partial charge >= 0.3 is 0 Å². The van der Waals surface area contributed by atoms with Gasteiger partial charge in [0.25, 0.3) is 5.56 Å². The fraction of sp³-hybridized carbons (Fsp3) is 0.417. The molecule has 0 amide bonds. The van der Waals surface area contributed by atoms with Crippen molar-refractivity contribution in [3.63, 3.8) is 0 Å². The zero-order valence-electron chi connectivity index (χ0n) is 11.1. The van der Waals surface area contributed by atoms with Crippen molar-refractivity contribution in [3.8, 4) is 0 Å². The van der Waals surface area contributed by atoms with Crippen molar-refractivity contribution in [3.05, 3.63) is 33.4 Å². The molecule has 0 aliphatic heterocycles. The number of hydrogen-bond donors (Lipinski definition) is 1. The molecule has 7 heteroatoms. The number of hydrogen-bond acceptors (Lipinski definition) is 4. The Bertz CT molecular complexity index is 631. The minimum atomic E-state index is -0.150. The predicted molar refractivity (Wildman–Crippen MR) is 77.8 cm³/mol. The van der Waals surface area contributed by atoms with Crippen molar-refractivity contribution in [1.82, 2.24) is 19.6 Å². The van der Waals surface area contributed by atoms with Crippen LogP contribution in [0.2, 0.25) is 0 Å². The molecule has 0 aliphatic carbocycles. The molecule has 2 aromatic rings. The van der Waals surface area contributed by atoms with Gasteiger partial charge in [-0.15, -0.1) is 0 Å². The minimum Gasteiger partial charge on any atom is -0.351 e. The molecule has 2 aromatic heterocycles. The van der Waals surface area contributed by atoms with Crippen LogP contribution >= 0.6 is 15.9 Å². The van der Waals surface area contributed by atoms with Gasteiger partial charge in [0.2, 0.25) is 0 Å². The van der Waals surface area contributed by atoms with Crippen molar-refractivity contribution in [2.45, 2.75) is 33.4 Å². The number of rotatable bonds is 4. The van der Waals surface area contributed by atoms with Crippen molar-refractivity contribution in [2.75, 3.05) is 5.32 Å². The van der Waals surface area contributed by atoms with E-state index < -0.39 is 0 Å². The van der Waals surface area contributed by atoms with Gasteiger partial charge in [0, 0.05) is 12.7 Å². The van der Waals surface area contributed by atoms with Gasteiger partial charge in [0.05, 0.1) is 29.8 Å². The number of aromatic nitrogens is 4. The van der Waals surface area contributed by atoms with Crippen molar-refractivity contribution in [2.24, 2.45) is 0 Å². The van der Waals surface area contributed by atoms with E-state index in [2.05, 4.69) is 31.4 Å². The molecule has 0 saturated carbocycles. The maximum absolute atomic E-state index is 12.1. The standard InChI is InChI=1S/C12H16BrN5O/c1-4-17-7-9(5-14-17)16-10-6-15-18(8(2)3)12(19)11(10)13/h5-8,16H,4H2,1-3H3. The monoisotopic (exact) mass is 325 g/mol. The van der Waals surface area contributed by atoms with Crippen LogP contribution in [0.4, 0.5) is 11.4 Å². The van der Waals surface area contributed by atoms with Crippen LogP contribution in [0, 0.1) is 0 Å². The van der Waals surface area contributed by atoms with Crippen LogP contribution in [-0.4, -0.2) is 19.6 Å². The van der Waals surface area contributed by atoms with E-state index in [9.17, 15) is 4.79 Å². The van der Waals surface area contributed by atoms with Crippen LogP contribution in [0.15, 0.2) is 27.9 Å². The lowest BCUT2D eigenvalue weighted by molar-refractivity contribution is 0.501. The highest BCUT2D eigenvalue weighted by atomic mass is 79.9. The fourth-order valence-corrected chi connectivity index (χ4v) is 2.04. The molecule has 2 rings (SSSR count). The number of nitrogens with one attached hydrogen (secondary N) is 1. The van der Waals surface area contributed by atoms with E-state index in [-0.39, 0.29) is 11.6 Å². The highest BCUT2D eigenvalue weighted by molar-refractivity contribution is 9.10. The maximum Gasteiger partial charge on any atom is 0.283 e. The maximum atomic E-state index is 12.1. The van der Waals surface area contributed by atoms with Crippen LogP contribution in [0.5, 0.6) is 0 Å². The molecule has 2 heterocycles. The second-order valence-electron chi connectivity index (χ2n) is 4.43. The normalized spacial score (nSPS) is 11.0. The van der Waals surface area contributed by atoms with E-state index in [1.54, 1.807) is 17.1 Å². The Labute approximate surface area is 119 Å². The zero-order valence-corrected chi connectivity index (χ0v) is 12.7.